The molecule has 74 valence electrons. The number of ether oxygens (including phenoxy) is 2. The van der Waals surface area contributed by atoms with Crippen LogP contribution < -0.4 is 4.74 Å². The highest BCUT2D eigenvalue weighted by atomic mass is 19.1. The molecule has 1 saturated heterocycles. The molecule has 1 aliphatic rings. The second-order valence-corrected chi connectivity index (χ2v) is 3.04. The van der Waals surface area contributed by atoms with Crippen LogP contribution in [0.3, 0.4) is 0 Å². The predicted octanol–water partition coefficient (Wildman–Crippen LogP) is 1.42. The fraction of sp³-hybridized carbons (Fsp3) is 0.300. The number of aldehydes is 1. The highest BCUT2D eigenvalue weighted by molar-refractivity contribution is 5.79. The van der Waals surface area contributed by atoms with Crippen molar-refractivity contribution in [2.45, 2.75) is 6.10 Å². The molecule has 1 heterocycles. The maximum absolute atomic E-state index is 13.0. The number of rotatable bonds is 4. The van der Waals surface area contributed by atoms with Crippen LogP contribution in [0.4, 0.5) is 4.39 Å². The van der Waals surface area contributed by atoms with Crippen LogP contribution in [0.5, 0.6) is 5.75 Å². The van der Waals surface area contributed by atoms with Crippen LogP contribution in [0, 0.1) is 5.82 Å². The molecule has 1 aliphatic heterocycles. The Morgan fingerprint density at radius 3 is 3.07 bits per heavy atom. The van der Waals surface area contributed by atoms with Gasteiger partial charge in [0.05, 0.1) is 12.2 Å². The number of carbonyl (C=O) groups is 1. The van der Waals surface area contributed by atoms with Crippen molar-refractivity contribution in [2.75, 3.05) is 13.2 Å². The largest absolute Gasteiger partial charge is 0.490 e. The molecule has 0 bridgehead atoms. The Hall–Kier alpha value is -1.42. The van der Waals surface area contributed by atoms with Crippen LogP contribution in [0.1, 0.15) is 10.4 Å². The van der Waals surface area contributed by atoms with E-state index in [0.29, 0.717) is 19.5 Å². The minimum atomic E-state index is -0.561. The summed E-state index contributed by atoms with van der Waals surface area (Å²) in [6.45, 7) is 1.04. The Morgan fingerprint density at radius 1 is 1.64 bits per heavy atom. The topological polar surface area (TPSA) is 38.8 Å². The van der Waals surface area contributed by atoms with Gasteiger partial charge in [-0.3, -0.25) is 4.79 Å². The number of hydrogen-bond acceptors (Lipinski definition) is 3. The van der Waals surface area contributed by atoms with Crippen LogP contribution in [0.2, 0.25) is 0 Å². The van der Waals surface area contributed by atoms with Crippen molar-refractivity contribution in [1.29, 1.82) is 0 Å². The highest BCUT2D eigenvalue weighted by Gasteiger charge is 2.23. The molecule has 14 heavy (non-hydrogen) atoms. The lowest BCUT2D eigenvalue weighted by atomic mass is 10.2. The Balaban J connectivity index is 2.13. The van der Waals surface area contributed by atoms with Crippen molar-refractivity contribution in [2.24, 2.45) is 0 Å². The molecule has 0 N–H and O–H groups in total. The Morgan fingerprint density at radius 2 is 2.43 bits per heavy atom. The van der Waals surface area contributed by atoms with Gasteiger partial charge in [-0.1, -0.05) is 6.07 Å². The number of benzene rings is 1. The average Bonchev–Trinajstić information content (AvgIpc) is 2.98. The second-order valence-electron chi connectivity index (χ2n) is 3.04. The van der Waals surface area contributed by atoms with Crippen LogP contribution in [0.25, 0.3) is 0 Å². The van der Waals surface area contributed by atoms with E-state index >= 15 is 0 Å². The minimum absolute atomic E-state index is 0.0341. The van der Waals surface area contributed by atoms with E-state index in [4.69, 9.17) is 9.47 Å². The van der Waals surface area contributed by atoms with E-state index in [9.17, 15) is 9.18 Å². The zero-order valence-corrected chi connectivity index (χ0v) is 7.40. The first-order valence-electron chi connectivity index (χ1n) is 4.29. The van der Waals surface area contributed by atoms with Crippen LogP contribution in [-0.2, 0) is 4.74 Å². The van der Waals surface area contributed by atoms with Crippen molar-refractivity contribution in [3.8, 4) is 5.75 Å². The zero-order chi connectivity index (χ0) is 9.97. The molecule has 1 aromatic rings. The quantitative estimate of drug-likeness (QED) is 0.540. The summed E-state index contributed by atoms with van der Waals surface area (Å²) in [6.07, 6.45) is 0.552. The average molecular weight is 196 g/mol. The molecular formula is C10H9FO3. The lowest BCUT2D eigenvalue weighted by molar-refractivity contribution is 0.111. The Bertz CT molecular complexity index is 347. The molecule has 1 fully saturated rings. The van der Waals surface area contributed by atoms with Gasteiger partial charge in [-0.05, 0) is 12.1 Å². The second kappa shape index (κ2) is 3.75. The van der Waals surface area contributed by atoms with Gasteiger partial charge in [-0.2, -0.15) is 0 Å². The summed E-state index contributed by atoms with van der Waals surface area (Å²) >= 11 is 0. The van der Waals surface area contributed by atoms with Gasteiger partial charge in [0.25, 0.3) is 0 Å². The first-order valence-corrected chi connectivity index (χ1v) is 4.29. The number of epoxide rings is 1. The molecule has 1 atom stereocenters. The van der Waals surface area contributed by atoms with Crippen LogP contribution in [-0.4, -0.2) is 25.6 Å². The molecule has 0 amide bonds. The van der Waals surface area contributed by atoms with E-state index in [-0.39, 0.29) is 17.4 Å². The molecule has 0 aromatic heterocycles. The molecule has 4 heteroatoms. The molecule has 0 aliphatic carbocycles. The summed E-state index contributed by atoms with van der Waals surface area (Å²) in [5.41, 5.74) is -0.0341. The molecule has 1 aromatic carbocycles. The van der Waals surface area contributed by atoms with Crippen molar-refractivity contribution < 1.29 is 18.7 Å². The maximum atomic E-state index is 13.0. The smallest absolute Gasteiger partial charge is 0.156 e. The molecule has 2 rings (SSSR count). The van der Waals surface area contributed by atoms with Crippen molar-refractivity contribution in [1.82, 2.24) is 0 Å². The fourth-order valence-corrected chi connectivity index (χ4v) is 1.10. The summed E-state index contributed by atoms with van der Waals surface area (Å²) in [5, 5.41) is 0. The van der Waals surface area contributed by atoms with Gasteiger partial charge in [0.2, 0.25) is 0 Å². The molecular weight excluding hydrogens is 187 g/mol. The highest BCUT2D eigenvalue weighted by Crippen LogP contribution is 2.21. The molecule has 1 unspecified atom stereocenters. The van der Waals surface area contributed by atoms with Crippen molar-refractivity contribution in [3.05, 3.63) is 29.6 Å². The fourth-order valence-electron chi connectivity index (χ4n) is 1.10. The van der Waals surface area contributed by atoms with E-state index in [1.54, 1.807) is 6.07 Å². The summed E-state index contributed by atoms with van der Waals surface area (Å²) in [5.74, 6) is -0.287. The third-order valence-electron chi connectivity index (χ3n) is 1.96. The van der Waals surface area contributed by atoms with Gasteiger partial charge in [0, 0.05) is 0 Å². The van der Waals surface area contributed by atoms with Crippen LogP contribution in [0.15, 0.2) is 18.2 Å². The van der Waals surface area contributed by atoms with Gasteiger partial charge < -0.3 is 9.47 Å². The Labute approximate surface area is 80.4 Å². The van der Waals surface area contributed by atoms with E-state index in [1.807, 2.05) is 0 Å². The van der Waals surface area contributed by atoms with E-state index in [2.05, 4.69) is 0 Å². The van der Waals surface area contributed by atoms with E-state index in [1.165, 1.54) is 12.1 Å². The monoisotopic (exact) mass is 196 g/mol. The van der Waals surface area contributed by atoms with Crippen LogP contribution >= 0.6 is 0 Å². The van der Waals surface area contributed by atoms with Gasteiger partial charge in [-0.25, -0.2) is 4.39 Å². The third-order valence-corrected chi connectivity index (χ3v) is 1.96. The molecule has 0 spiro atoms. The number of halogens is 1. The first-order chi connectivity index (χ1) is 6.81. The summed E-state index contributed by atoms with van der Waals surface area (Å²) in [4.78, 5) is 10.6. The molecule has 0 saturated carbocycles. The number of hydrogen-bond donors (Lipinski definition) is 0. The lowest BCUT2D eigenvalue weighted by Crippen LogP contribution is -2.06. The Kier molecular flexibility index (Phi) is 2.45. The third kappa shape index (κ3) is 1.90. The summed E-state index contributed by atoms with van der Waals surface area (Å²) < 4.78 is 23.2. The molecule has 3 nitrogen and oxygen atoms in total. The summed E-state index contributed by atoms with van der Waals surface area (Å²) in [7, 11) is 0. The summed E-state index contributed by atoms with van der Waals surface area (Å²) in [6, 6.07) is 4.30. The SMILES string of the molecule is O=Cc1c(F)cccc1OCC1CO1. The lowest BCUT2D eigenvalue weighted by Gasteiger charge is -2.06. The van der Waals surface area contributed by atoms with Crippen molar-refractivity contribution in [3.63, 3.8) is 0 Å². The normalized spacial score (nSPS) is 19.1. The van der Waals surface area contributed by atoms with Gasteiger partial charge in [0.1, 0.15) is 24.3 Å². The van der Waals surface area contributed by atoms with Gasteiger partial charge >= 0.3 is 0 Å². The van der Waals surface area contributed by atoms with Crippen molar-refractivity contribution >= 4 is 6.29 Å². The van der Waals surface area contributed by atoms with E-state index in [0.717, 1.165) is 0 Å². The standard InChI is InChI=1S/C10H9FO3/c11-9-2-1-3-10(8(9)4-12)14-6-7-5-13-7/h1-4,7H,5-6H2. The predicted molar refractivity (Wildman–Crippen MR) is 47.0 cm³/mol. The molecule has 0 radical (unpaired) electrons. The maximum Gasteiger partial charge on any atom is 0.156 e. The zero-order valence-electron chi connectivity index (χ0n) is 7.40. The van der Waals surface area contributed by atoms with E-state index < -0.39 is 5.82 Å². The van der Waals surface area contributed by atoms with Gasteiger partial charge in [0.15, 0.2) is 6.29 Å². The number of carbonyl (C=O) groups excluding carboxylic acids is 1. The van der Waals surface area contributed by atoms with Gasteiger partial charge in [-0.15, -0.1) is 0 Å². The first kappa shape index (κ1) is 9.15. The minimum Gasteiger partial charge on any atom is -0.490 e.